The van der Waals surface area contributed by atoms with Gasteiger partial charge in [-0.25, -0.2) is 4.79 Å². The number of hydrazine groups is 1. The van der Waals surface area contributed by atoms with Crippen LogP contribution < -0.4 is 10.9 Å². The van der Waals surface area contributed by atoms with Crippen molar-refractivity contribution in [2.75, 3.05) is 6.54 Å². The predicted octanol–water partition coefficient (Wildman–Crippen LogP) is 0.172. The Bertz CT molecular complexity index is 1090. The quantitative estimate of drug-likeness (QED) is 0.449. The number of fused-ring (bicyclic) bond motifs is 4. The smallest absolute Gasteiger partial charge is 0.303 e. The first-order valence-electron chi connectivity index (χ1n) is 8.11. The van der Waals surface area contributed by atoms with Crippen molar-refractivity contribution in [1.82, 2.24) is 25.8 Å². The maximum Gasteiger partial charge on any atom is 0.418 e. The third-order valence-corrected chi connectivity index (χ3v) is 5.69. The van der Waals surface area contributed by atoms with Gasteiger partial charge < -0.3 is 4.90 Å². The van der Waals surface area contributed by atoms with Crippen molar-refractivity contribution in [3.8, 4) is 0 Å². The van der Waals surface area contributed by atoms with Crippen molar-refractivity contribution < 1.29 is 31.6 Å². The molecule has 0 aliphatic carbocycles. The number of hydrogen-bond acceptors (Lipinski definition) is 8. The summed E-state index contributed by atoms with van der Waals surface area (Å²) in [5.74, 6) is -1.36. The van der Waals surface area contributed by atoms with Crippen LogP contribution in [-0.4, -0.2) is 52.3 Å². The van der Waals surface area contributed by atoms with E-state index < -0.39 is 40.3 Å². The maximum atomic E-state index is 12.8. The fraction of sp³-hybridized carbons (Fsp3) is 0.200. The van der Waals surface area contributed by atoms with Crippen LogP contribution in [0.5, 0.6) is 0 Å². The minimum absolute atomic E-state index is 0.0373. The molecule has 12 nitrogen and oxygen atoms in total. The summed E-state index contributed by atoms with van der Waals surface area (Å²) in [5, 5.41) is 2.19. The Morgan fingerprint density at radius 2 is 2.07 bits per heavy atom. The summed E-state index contributed by atoms with van der Waals surface area (Å²) in [5.41, 5.74) is 5.07. The Labute approximate surface area is 168 Å². The molecule has 14 heteroatoms. The second kappa shape index (κ2) is 7.07. The molecule has 2 unspecified atom stereocenters. The largest absolute Gasteiger partial charge is 0.418 e. The first-order chi connectivity index (χ1) is 13.8. The minimum Gasteiger partial charge on any atom is -0.303 e. The fourth-order valence-corrected chi connectivity index (χ4v) is 4.64. The summed E-state index contributed by atoms with van der Waals surface area (Å²) < 4.78 is 35.5. The number of amides is 4. The first kappa shape index (κ1) is 19.3. The zero-order valence-corrected chi connectivity index (χ0v) is 16.0. The van der Waals surface area contributed by atoms with Crippen molar-refractivity contribution in [2.45, 2.75) is 12.1 Å². The summed E-state index contributed by atoms with van der Waals surface area (Å²) in [6.07, 6.45) is 1.42. The number of nitrogens with one attached hydrogen (secondary N) is 2. The minimum atomic E-state index is -4.94. The molecule has 2 aliphatic rings. The lowest BCUT2D eigenvalue weighted by atomic mass is 9.99. The van der Waals surface area contributed by atoms with E-state index in [1.165, 1.54) is 23.6 Å². The Kier molecular flexibility index (Phi) is 4.70. The molecule has 2 aliphatic heterocycles. The molecular weight excluding hydrogens is 426 g/mol. The fourth-order valence-electron chi connectivity index (χ4n) is 3.20. The zero-order chi connectivity index (χ0) is 20.8. The van der Waals surface area contributed by atoms with Crippen LogP contribution in [-0.2, 0) is 19.5 Å². The summed E-state index contributed by atoms with van der Waals surface area (Å²) in [4.78, 5) is 42.9. The van der Waals surface area contributed by atoms with Gasteiger partial charge in [-0.05, 0) is 29.1 Å². The molecule has 3 N–H and O–H groups in total. The van der Waals surface area contributed by atoms with Gasteiger partial charge in [0.15, 0.2) is 0 Å². The van der Waals surface area contributed by atoms with Gasteiger partial charge in [0.1, 0.15) is 17.8 Å². The van der Waals surface area contributed by atoms with Crippen LogP contribution in [0.25, 0.3) is 0 Å². The van der Waals surface area contributed by atoms with E-state index in [1.807, 2.05) is 0 Å². The van der Waals surface area contributed by atoms with Crippen LogP contribution in [0.1, 0.15) is 33.0 Å². The average Bonchev–Trinajstić information content (AvgIpc) is 3.26. The number of aromatic nitrogens is 1. The van der Waals surface area contributed by atoms with E-state index in [2.05, 4.69) is 20.1 Å². The van der Waals surface area contributed by atoms with Gasteiger partial charge in [-0.3, -0.25) is 30.0 Å². The Balaban J connectivity index is 1.55. The molecular formula is C15H13N5O7S2. The normalized spacial score (nSPS) is 20.4. The van der Waals surface area contributed by atoms with Gasteiger partial charge in [0.25, 0.3) is 11.8 Å². The molecule has 2 bridgehead atoms. The molecule has 4 amide bonds. The van der Waals surface area contributed by atoms with Crippen molar-refractivity contribution >= 4 is 39.6 Å². The molecule has 4 rings (SSSR count). The van der Waals surface area contributed by atoms with E-state index in [0.717, 1.165) is 4.90 Å². The van der Waals surface area contributed by atoms with Gasteiger partial charge in [0, 0.05) is 11.1 Å². The second-order valence-electron chi connectivity index (χ2n) is 6.08. The van der Waals surface area contributed by atoms with Crippen LogP contribution in [0.4, 0.5) is 4.79 Å². The maximum absolute atomic E-state index is 12.8. The van der Waals surface area contributed by atoms with Gasteiger partial charge in [0.05, 0.1) is 6.54 Å². The lowest BCUT2D eigenvalue weighted by Crippen LogP contribution is -2.49. The number of urea groups is 1. The molecule has 2 aromatic rings. The van der Waals surface area contributed by atoms with E-state index in [-0.39, 0.29) is 12.2 Å². The molecule has 1 fully saturated rings. The lowest BCUT2D eigenvalue weighted by molar-refractivity contribution is -0.126. The number of carbonyl (C=O) groups is 3. The van der Waals surface area contributed by atoms with Crippen LogP contribution in [0.3, 0.4) is 0 Å². The third kappa shape index (κ3) is 3.53. The molecule has 0 aromatic carbocycles. The Morgan fingerprint density at radius 3 is 2.76 bits per heavy atom. The van der Waals surface area contributed by atoms with E-state index in [9.17, 15) is 22.8 Å². The van der Waals surface area contributed by atoms with Crippen LogP contribution in [0.15, 0.2) is 35.8 Å². The number of rotatable bonds is 4. The van der Waals surface area contributed by atoms with Crippen molar-refractivity contribution in [3.63, 3.8) is 0 Å². The van der Waals surface area contributed by atoms with Gasteiger partial charge in [0.2, 0.25) is 0 Å². The van der Waals surface area contributed by atoms with E-state index in [0.29, 0.717) is 15.5 Å². The molecule has 2 atom stereocenters. The Morgan fingerprint density at radius 1 is 1.28 bits per heavy atom. The molecule has 152 valence electrons. The monoisotopic (exact) mass is 439 g/mol. The standard InChI is InChI=1S/C15H13N5O7S2/c21-13(9-3-1-2-5-16-9)17-18-14(22)11-12-8(4-6-28-12)10-7-19(11)15(23)20(10)27-29(24,25)26/h1-6,10-11H,7H2,(H,17,21)(H,18,22)(H,24,25,26). The lowest BCUT2D eigenvalue weighted by Gasteiger charge is -2.29. The molecule has 29 heavy (non-hydrogen) atoms. The van der Waals surface area contributed by atoms with Gasteiger partial charge in [-0.2, -0.15) is 13.5 Å². The molecule has 1 saturated heterocycles. The number of nitrogens with zero attached hydrogens (tertiary/aromatic N) is 3. The SMILES string of the molecule is O=C(NNC(=O)C1c2sccc2C2CN1C(=O)N2OS(=O)(=O)O)c1ccccn1. The van der Waals surface area contributed by atoms with Gasteiger partial charge in [-0.15, -0.1) is 15.6 Å². The van der Waals surface area contributed by atoms with E-state index in [1.54, 1.807) is 23.6 Å². The van der Waals surface area contributed by atoms with Crippen LogP contribution in [0, 0.1) is 0 Å². The number of hydrogen-bond donors (Lipinski definition) is 3. The van der Waals surface area contributed by atoms with Crippen LogP contribution >= 0.6 is 11.3 Å². The summed E-state index contributed by atoms with van der Waals surface area (Å²) in [6, 6.07) is 3.49. The predicted molar refractivity (Wildman–Crippen MR) is 96.2 cm³/mol. The number of carbonyl (C=O) groups excluding carboxylic acids is 3. The van der Waals surface area contributed by atoms with E-state index in [4.69, 9.17) is 4.55 Å². The summed E-state index contributed by atoms with van der Waals surface area (Å²) in [7, 11) is -4.94. The number of pyridine rings is 1. The number of thiophene rings is 1. The van der Waals surface area contributed by atoms with E-state index >= 15 is 0 Å². The third-order valence-electron chi connectivity index (χ3n) is 4.35. The average molecular weight is 439 g/mol. The van der Waals surface area contributed by atoms with Gasteiger partial charge in [-0.1, -0.05) is 6.07 Å². The molecule has 4 heterocycles. The summed E-state index contributed by atoms with van der Waals surface area (Å²) in [6.45, 7) is -0.0373. The highest BCUT2D eigenvalue weighted by Crippen LogP contribution is 2.46. The second-order valence-corrected chi connectivity index (χ2v) is 8.03. The summed E-state index contributed by atoms with van der Waals surface area (Å²) >= 11 is 1.19. The van der Waals surface area contributed by atoms with Crippen LogP contribution in [0.2, 0.25) is 0 Å². The van der Waals surface area contributed by atoms with Crippen molar-refractivity contribution in [2.24, 2.45) is 0 Å². The Hall–Kier alpha value is -3.07. The molecule has 0 saturated carbocycles. The topological polar surface area (TPSA) is 158 Å². The van der Waals surface area contributed by atoms with Crippen molar-refractivity contribution in [1.29, 1.82) is 0 Å². The van der Waals surface area contributed by atoms with Crippen molar-refractivity contribution in [3.05, 3.63) is 52.0 Å². The zero-order valence-electron chi connectivity index (χ0n) is 14.4. The molecule has 0 spiro atoms. The number of hydroxylamine groups is 2. The van der Waals surface area contributed by atoms with Gasteiger partial charge >= 0.3 is 16.4 Å². The highest BCUT2D eigenvalue weighted by Gasteiger charge is 2.52. The first-order valence-corrected chi connectivity index (χ1v) is 10.4. The highest BCUT2D eigenvalue weighted by atomic mass is 32.3. The molecule has 0 radical (unpaired) electrons. The molecule has 2 aromatic heterocycles. The highest BCUT2D eigenvalue weighted by molar-refractivity contribution is 7.80.